The molecule has 0 aliphatic carbocycles. The van der Waals surface area contributed by atoms with Gasteiger partial charge in [0.15, 0.2) is 0 Å². The van der Waals surface area contributed by atoms with Gasteiger partial charge in [0.05, 0.1) is 5.75 Å². The molecule has 0 aromatic carbocycles. The SMILES string of the molecule is CC(C)C(=O)CCC(=O)N(C)CCS(C)(=O)=O. The Morgan fingerprint density at radius 3 is 2.12 bits per heavy atom. The maximum atomic E-state index is 11.6. The first-order valence-corrected chi connectivity index (χ1v) is 7.64. The molecule has 5 nitrogen and oxygen atoms in total. The Balaban J connectivity index is 4.03. The molecule has 0 aliphatic heterocycles. The molecule has 0 N–H and O–H groups in total. The van der Waals surface area contributed by atoms with E-state index in [-0.39, 0.29) is 42.7 Å². The fourth-order valence-electron chi connectivity index (χ4n) is 1.14. The van der Waals surface area contributed by atoms with Gasteiger partial charge in [0.1, 0.15) is 15.6 Å². The van der Waals surface area contributed by atoms with Gasteiger partial charge in [-0.3, -0.25) is 9.59 Å². The van der Waals surface area contributed by atoms with Gasteiger partial charge in [-0.15, -0.1) is 0 Å². The molecule has 0 atom stereocenters. The van der Waals surface area contributed by atoms with Crippen molar-refractivity contribution in [1.29, 1.82) is 0 Å². The second kappa shape index (κ2) is 6.74. The minimum atomic E-state index is -3.06. The van der Waals surface area contributed by atoms with Crippen LogP contribution in [0.3, 0.4) is 0 Å². The molecule has 100 valence electrons. The number of hydrogen-bond donors (Lipinski definition) is 0. The number of ketones is 1. The molecule has 0 saturated heterocycles. The van der Waals surface area contributed by atoms with Crippen LogP contribution in [0.1, 0.15) is 26.7 Å². The van der Waals surface area contributed by atoms with Crippen molar-refractivity contribution < 1.29 is 18.0 Å². The van der Waals surface area contributed by atoms with Gasteiger partial charge in [-0.2, -0.15) is 0 Å². The van der Waals surface area contributed by atoms with Crippen molar-refractivity contribution in [2.24, 2.45) is 5.92 Å². The summed E-state index contributed by atoms with van der Waals surface area (Å²) in [5.74, 6) is -0.255. The number of nitrogens with zero attached hydrogens (tertiary/aromatic N) is 1. The first kappa shape index (κ1) is 16.1. The largest absolute Gasteiger partial charge is 0.345 e. The molecule has 0 spiro atoms. The summed E-state index contributed by atoms with van der Waals surface area (Å²) in [7, 11) is -1.51. The van der Waals surface area contributed by atoms with Crippen molar-refractivity contribution in [2.45, 2.75) is 26.7 Å². The number of rotatable bonds is 7. The van der Waals surface area contributed by atoms with Gasteiger partial charge in [0.25, 0.3) is 0 Å². The third kappa shape index (κ3) is 7.90. The quantitative estimate of drug-likeness (QED) is 0.670. The summed E-state index contributed by atoms with van der Waals surface area (Å²) in [4.78, 5) is 24.2. The Kier molecular flexibility index (Phi) is 6.37. The second-order valence-electron chi connectivity index (χ2n) is 4.57. The van der Waals surface area contributed by atoms with Crippen molar-refractivity contribution in [3.05, 3.63) is 0 Å². The van der Waals surface area contributed by atoms with Crippen LogP contribution in [-0.4, -0.2) is 50.6 Å². The normalized spacial score (nSPS) is 11.6. The van der Waals surface area contributed by atoms with Crippen molar-refractivity contribution in [3.8, 4) is 0 Å². The Hall–Kier alpha value is -0.910. The summed E-state index contributed by atoms with van der Waals surface area (Å²) in [5, 5.41) is 0. The van der Waals surface area contributed by atoms with Gasteiger partial charge in [-0.05, 0) is 0 Å². The van der Waals surface area contributed by atoms with Crippen LogP contribution in [0.25, 0.3) is 0 Å². The van der Waals surface area contributed by atoms with E-state index in [1.54, 1.807) is 20.9 Å². The lowest BCUT2D eigenvalue weighted by Gasteiger charge is -2.16. The zero-order valence-corrected chi connectivity index (χ0v) is 11.7. The fourth-order valence-corrected chi connectivity index (χ4v) is 1.74. The van der Waals surface area contributed by atoms with E-state index < -0.39 is 9.84 Å². The van der Waals surface area contributed by atoms with Crippen LogP contribution in [0.2, 0.25) is 0 Å². The second-order valence-corrected chi connectivity index (χ2v) is 6.83. The molecule has 0 radical (unpaired) electrons. The van der Waals surface area contributed by atoms with Gasteiger partial charge >= 0.3 is 0 Å². The van der Waals surface area contributed by atoms with Crippen LogP contribution in [0.15, 0.2) is 0 Å². The fraction of sp³-hybridized carbons (Fsp3) is 0.818. The Bertz CT molecular complexity index is 373. The lowest BCUT2D eigenvalue weighted by molar-refractivity contribution is -0.132. The van der Waals surface area contributed by atoms with E-state index in [9.17, 15) is 18.0 Å². The number of Topliss-reactive ketones (excluding diaryl/α,β-unsaturated/α-hetero) is 1. The Morgan fingerprint density at radius 2 is 1.71 bits per heavy atom. The zero-order chi connectivity index (χ0) is 13.6. The topological polar surface area (TPSA) is 71.5 Å². The molecule has 0 unspecified atom stereocenters. The van der Waals surface area contributed by atoms with E-state index in [2.05, 4.69) is 0 Å². The monoisotopic (exact) mass is 263 g/mol. The van der Waals surface area contributed by atoms with Gasteiger partial charge in [0, 0.05) is 38.6 Å². The summed E-state index contributed by atoms with van der Waals surface area (Å²) in [6.45, 7) is 3.76. The lowest BCUT2D eigenvalue weighted by Crippen LogP contribution is -2.31. The van der Waals surface area contributed by atoms with Crippen LogP contribution in [0, 0.1) is 5.92 Å². The highest BCUT2D eigenvalue weighted by molar-refractivity contribution is 7.90. The summed E-state index contributed by atoms with van der Waals surface area (Å²) >= 11 is 0. The number of hydrogen-bond acceptors (Lipinski definition) is 4. The standard InChI is InChI=1S/C11H21NO4S/c1-9(2)10(13)5-6-11(14)12(3)7-8-17(4,15)16/h9H,5-8H2,1-4H3. The Morgan fingerprint density at radius 1 is 1.18 bits per heavy atom. The van der Waals surface area contributed by atoms with Crippen LogP contribution in [0.4, 0.5) is 0 Å². The minimum Gasteiger partial charge on any atom is -0.345 e. The van der Waals surface area contributed by atoms with E-state index in [4.69, 9.17) is 0 Å². The van der Waals surface area contributed by atoms with Crippen molar-refractivity contribution >= 4 is 21.5 Å². The summed E-state index contributed by atoms with van der Waals surface area (Å²) in [6.07, 6.45) is 1.50. The molecule has 17 heavy (non-hydrogen) atoms. The first-order chi connectivity index (χ1) is 7.63. The van der Waals surface area contributed by atoms with Gasteiger partial charge in [0.2, 0.25) is 5.91 Å². The van der Waals surface area contributed by atoms with Gasteiger partial charge in [-0.25, -0.2) is 8.42 Å². The van der Waals surface area contributed by atoms with Crippen LogP contribution >= 0.6 is 0 Å². The van der Waals surface area contributed by atoms with Crippen molar-refractivity contribution in [3.63, 3.8) is 0 Å². The van der Waals surface area contributed by atoms with E-state index in [1.165, 1.54) is 4.90 Å². The van der Waals surface area contributed by atoms with Crippen LogP contribution in [0.5, 0.6) is 0 Å². The van der Waals surface area contributed by atoms with Crippen LogP contribution < -0.4 is 0 Å². The molecule has 0 aromatic heterocycles. The molecular weight excluding hydrogens is 242 g/mol. The highest BCUT2D eigenvalue weighted by Crippen LogP contribution is 2.04. The molecule has 1 amide bonds. The summed E-state index contributed by atoms with van der Waals surface area (Å²) < 4.78 is 21.8. The number of carbonyl (C=O) groups excluding carboxylic acids is 2. The molecule has 0 aliphatic rings. The van der Waals surface area contributed by atoms with E-state index in [1.807, 2.05) is 0 Å². The van der Waals surface area contributed by atoms with Crippen molar-refractivity contribution in [1.82, 2.24) is 4.90 Å². The smallest absolute Gasteiger partial charge is 0.222 e. The molecular formula is C11H21NO4S. The number of carbonyl (C=O) groups is 2. The number of amides is 1. The molecule has 0 rings (SSSR count). The average molecular weight is 263 g/mol. The molecule has 0 heterocycles. The molecule has 0 aromatic rings. The third-order valence-electron chi connectivity index (χ3n) is 2.45. The average Bonchev–Trinajstić information content (AvgIpc) is 2.20. The zero-order valence-electron chi connectivity index (χ0n) is 10.9. The van der Waals surface area contributed by atoms with Gasteiger partial charge in [-0.1, -0.05) is 13.8 Å². The predicted molar refractivity (Wildman–Crippen MR) is 66.4 cm³/mol. The number of sulfone groups is 1. The summed E-state index contributed by atoms with van der Waals surface area (Å²) in [6, 6.07) is 0. The lowest BCUT2D eigenvalue weighted by atomic mass is 10.0. The van der Waals surface area contributed by atoms with Crippen LogP contribution in [-0.2, 0) is 19.4 Å². The molecule has 0 saturated carbocycles. The van der Waals surface area contributed by atoms with Gasteiger partial charge < -0.3 is 4.90 Å². The highest BCUT2D eigenvalue weighted by atomic mass is 32.2. The summed E-state index contributed by atoms with van der Waals surface area (Å²) in [5.41, 5.74) is 0. The predicted octanol–water partition coefficient (Wildman–Crippen LogP) is 0.495. The van der Waals surface area contributed by atoms with Crippen molar-refractivity contribution in [2.75, 3.05) is 25.6 Å². The minimum absolute atomic E-state index is 0.0482. The van der Waals surface area contributed by atoms with E-state index in [0.717, 1.165) is 6.26 Å². The maximum Gasteiger partial charge on any atom is 0.222 e. The van der Waals surface area contributed by atoms with E-state index in [0.29, 0.717) is 0 Å². The first-order valence-electron chi connectivity index (χ1n) is 5.58. The molecule has 0 bridgehead atoms. The molecule has 0 fully saturated rings. The highest BCUT2D eigenvalue weighted by Gasteiger charge is 2.14. The third-order valence-corrected chi connectivity index (χ3v) is 3.38. The van der Waals surface area contributed by atoms with E-state index >= 15 is 0 Å². The maximum absolute atomic E-state index is 11.6. The Labute approximate surface area is 103 Å². The molecule has 6 heteroatoms.